The number of nitrogens with zero attached hydrogens (tertiary/aromatic N) is 1. The van der Waals surface area contributed by atoms with Crippen molar-refractivity contribution >= 4 is 18.0 Å². The number of carbonyl (C=O) groups excluding carboxylic acids is 2. The number of carboxylic acid groups (broad SMARTS) is 1. The first-order valence-electron chi connectivity index (χ1n) is 10.6. The molecule has 1 fully saturated rings. The highest BCUT2D eigenvalue weighted by molar-refractivity contribution is 5.88. The number of hydrogen-bond donors (Lipinski definition) is 2. The van der Waals surface area contributed by atoms with Crippen LogP contribution >= 0.6 is 0 Å². The van der Waals surface area contributed by atoms with E-state index < -0.39 is 18.1 Å². The number of carboxylic acids is 1. The Kier molecular flexibility index (Phi) is 5.93. The molecule has 162 valence electrons. The van der Waals surface area contributed by atoms with E-state index in [0.29, 0.717) is 6.42 Å². The van der Waals surface area contributed by atoms with Crippen LogP contribution in [0.4, 0.5) is 4.79 Å². The summed E-state index contributed by atoms with van der Waals surface area (Å²) in [5.74, 6) is -1.50. The number of rotatable bonds is 8. The van der Waals surface area contributed by atoms with Crippen molar-refractivity contribution in [1.29, 1.82) is 0 Å². The fraction of sp³-hybridized carbons (Fsp3) is 0.375. The SMILES string of the molecule is CC[C@H](NC(=O)OCC1c2ccccc2-c2ccccc21)C(=O)N(CC(=O)O)C1CC1. The topological polar surface area (TPSA) is 95.9 Å². The second kappa shape index (κ2) is 8.79. The molecule has 7 heteroatoms. The van der Waals surface area contributed by atoms with Crippen LogP contribution in [0.2, 0.25) is 0 Å². The molecular weight excluding hydrogens is 396 g/mol. The van der Waals surface area contributed by atoms with Crippen LogP contribution in [0, 0.1) is 0 Å². The van der Waals surface area contributed by atoms with Gasteiger partial charge in [0.05, 0.1) is 0 Å². The maximum absolute atomic E-state index is 12.8. The summed E-state index contributed by atoms with van der Waals surface area (Å²) in [4.78, 5) is 37.8. The van der Waals surface area contributed by atoms with Gasteiger partial charge in [-0.1, -0.05) is 55.5 Å². The van der Waals surface area contributed by atoms with Gasteiger partial charge in [0.1, 0.15) is 19.2 Å². The Morgan fingerprint density at radius 1 is 1.06 bits per heavy atom. The van der Waals surface area contributed by atoms with E-state index in [0.717, 1.165) is 35.1 Å². The molecule has 31 heavy (non-hydrogen) atoms. The molecule has 2 aromatic carbocycles. The summed E-state index contributed by atoms with van der Waals surface area (Å²) in [7, 11) is 0. The van der Waals surface area contributed by atoms with Crippen LogP contribution < -0.4 is 5.32 Å². The first-order chi connectivity index (χ1) is 15.0. The number of nitrogens with one attached hydrogen (secondary N) is 1. The predicted octanol–water partition coefficient (Wildman–Crippen LogP) is 3.38. The smallest absolute Gasteiger partial charge is 0.407 e. The minimum Gasteiger partial charge on any atom is -0.480 e. The second-order valence-corrected chi connectivity index (χ2v) is 8.02. The van der Waals surface area contributed by atoms with Gasteiger partial charge in [-0.05, 0) is 41.5 Å². The van der Waals surface area contributed by atoms with E-state index in [1.165, 1.54) is 4.90 Å². The molecule has 0 saturated heterocycles. The van der Waals surface area contributed by atoms with Crippen molar-refractivity contribution in [3.8, 4) is 11.1 Å². The zero-order chi connectivity index (χ0) is 22.0. The van der Waals surface area contributed by atoms with Crippen LogP contribution in [-0.4, -0.2) is 53.2 Å². The summed E-state index contributed by atoms with van der Waals surface area (Å²) >= 11 is 0. The first kappa shape index (κ1) is 20.9. The van der Waals surface area contributed by atoms with Crippen molar-refractivity contribution in [2.45, 2.75) is 44.2 Å². The number of ether oxygens (including phenoxy) is 1. The molecule has 7 nitrogen and oxygen atoms in total. The van der Waals surface area contributed by atoms with E-state index in [9.17, 15) is 14.4 Å². The molecule has 2 aromatic rings. The minimum absolute atomic E-state index is 0.0537. The standard InChI is InChI=1S/C24H26N2O5/c1-2-21(23(29)26(13-22(27)28)15-11-12-15)25-24(30)31-14-20-18-9-5-3-7-16(18)17-8-4-6-10-19(17)20/h3-10,15,20-21H,2,11-14H2,1H3,(H,25,30)(H,27,28)/t21-/m0/s1. The zero-order valence-corrected chi connectivity index (χ0v) is 17.4. The number of hydrogen-bond acceptors (Lipinski definition) is 4. The van der Waals surface area contributed by atoms with Gasteiger partial charge in [0.15, 0.2) is 0 Å². The van der Waals surface area contributed by atoms with Crippen molar-refractivity contribution < 1.29 is 24.2 Å². The molecule has 0 heterocycles. The Bertz CT molecular complexity index is 955. The molecule has 2 aliphatic rings. The van der Waals surface area contributed by atoms with Crippen molar-refractivity contribution in [3.63, 3.8) is 0 Å². The molecular formula is C24H26N2O5. The van der Waals surface area contributed by atoms with Gasteiger partial charge in [-0.2, -0.15) is 0 Å². The summed E-state index contributed by atoms with van der Waals surface area (Å²) in [5.41, 5.74) is 4.51. The van der Waals surface area contributed by atoms with Crippen LogP contribution in [0.25, 0.3) is 11.1 Å². The van der Waals surface area contributed by atoms with E-state index in [4.69, 9.17) is 9.84 Å². The van der Waals surface area contributed by atoms with Crippen molar-refractivity contribution in [2.24, 2.45) is 0 Å². The molecule has 0 spiro atoms. The highest BCUT2D eigenvalue weighted by Gasteiger charge is 2.37. The second-order valence-electron chi connectivity index (χ2n) is 8.02. The third-order valence-corrected chi connectivity index (χ3v) is 5.92. The quantitative estimate of drug-likeness (QED) is 0.680. The van der Waals surface area contributed by atoms with Gasteiger partial charge in [0, 0.05) is 12.0 Å². The van der Waals surface area contributed by atoms with Crippen LogP contribution in [0.1, 0.15) is 43.2 Å². The van der Waals surface area contributed by atoms with Crippen LogP contribution in [0.5, 0.6) is 0 Å². The summed E-state index contributed by atoms with van der Waals surface area (Å²) in [6, 6.07) is 15.3. The first-order valence-corrected chi connectivity index (χ1v) is 10.6. The number of benzene rings is 2. The fourth-order valence-electron chi connectivity index (χ4n) is 4.24. The van der Waals surface area contributed by atoms with E-state index in [-0.39, 0.29) is 31.0 Å². The van der Waals surface area contributed by atoms with Gasteiger partial charge >= 0.3 is 12.1 Å². The molecule has 0 aliphatic heterocycles. The highest BCUT2D eigenvalue weighted by Crippen LogP contribution is 2.44. The number of alkyl carbamates (subject to hydrolysis) is 1. The minimum atomic E-state index is -1.06. The molecule has 1 saturated carbocycles. The van der Waals surface area contributed by atoms with Gasteiger partial charge in [-0.15, -0.1) is 0 Å². The van der Waals surface area contributed by atoms with E-state index in [2.05, 4.69) is 17.4 Å². The summed E-state index contributed by atoms with van der Waals surface area (Å²) in [6.07, 6.45) is 1.26. The Labute approximate surface area is 181 Å². The lowest BCUT2D eigenvalue weighted by atomic mass is 9.98. The number of carbonyl (C=O) groups is 3. The zero-order valence-electron chi connectivity index (χ0n) is 17.4. The van der Waals surface area contributed by atoms with Crippen molar-refractivity contribution in [1.82, 2.24) is 10.2 Å². The third-order valence-electron chi connectivity index (χ3n) is 5.92. The van der Waals surface area contributed by atoms with Crippen LogP contribution in [0.15, 0.2) is 48.5 Å². The van der Waals surface area contributed by atoms with E-state index in [1.807, 2.05) is 36.4 Å². The summed E-state index contributed by atoms with van der Waals surface area (Å²) in [6.45, 7) is 1.58. The number of aliphatic carboxylic acids is 1. The fourth-order valence-corrected chi connectivity index (χ4v) is 4.24. The van der Waals surface area contributed by atoms with Crippen molar-refractivity contribution in [3.05, 3.63) is 59.7 Å². The van der Waals surface area contributed by atoms with Gasteiger partial charge in [-0.3, -0.25) is 9.59 Å². The van der Waals surface area contributed by atoms with Crippen LogP contribution in [0.3, 0.4) is 0 Å². The lowest BCUT2D eigenvalue weighted by Gasteiger charge is -2.26. The maximum Gasteiger partial charge on any atom is 0.407 e. The molecule has 2 N–H and O–H groups in total. The highest BCUT2D eigenvalue weighted by atomic mass is 16.5. The average Bonchev–Trinajstić information content (AvgIpc) is 3.56. The Balaban J connectivity index is 1.41. The molecule has 0 radical (unpaired) electrons. The molecule has 1 atom stereocenters. The van der Waals surface area contributed by atoms with Crippen molar-refractivity contribution in [2.75, 3.05) is 13.2 Å². The summed E-state index contributed by atoms with van der Waals surface area (Å²) < 4.78 is 5.52. The number of amides is 2. The third kappa shape index (κ3) is 4.40. The maximum atomic E-state index is 12.8. The molecule has 2 amide bonds. The lowest BCUT2D eigenvalue weighted by molar-refractivity contribution is -0.145. The normalized spacial score (nSPS) is 15.5. The molecule has 2 aliphatic carbocycles. The monoisotopic (exact) mass is 422 g/mol. The largest absolute Gasteiger partial charge is 0.480 e. The van der Waals surface area contributed by atoms with Gasteiger partial charge in [-0.25, -0.2) is 4.79 Å². The van der Waals surface area contributed by atoms with Gasteiger partial charge < -0.3 is 20.1 Å². The van der Waals surface area contributed by atoms with Crippen LogP contribution in [-0.2, 0) is 14.3 Å². The molecule has 0 unspecified atom stereocenters. The van der Waals surface area contributed by atoms with E-state index in [1.54, 1.807) is 6.92 Å². The summed E-state index contributed by atoms with van der Waals surface area (Å²) in [5, 5.41) is 11.7. The predicted molar refractivity (Wildman–Crippen MR) is 115 cm³/mol. The van der Waals surface area contributed by atoms with E-state index >= 15 is 0 Å². The molecule has 4 rings (SSSR count). The molecule has 0 bridgehead atoms. The Morgan fingerprint density at radius 3 is 2.16 bits per heavy atom. The average molecular weight is 422 g/mol. The van der Waals surface area contributed by atoms with Gasteiger partial charge in [0.25, 0.3) is 0 Å². The lowest BCUT2D eigenvalue weighted by Crippen LogP contribution is -2.50. The Morgan fingerprint density at radius 2 is 1.65 bits per heavy atom. The van der Waals surface area contributed by atoms with Gasteiger partial charge in [0.2, 0.25) is 5.91 Å². The Hall–Kier alpha value is -3.35. The number of fused-ring (bicyclic) bond motifs is 3. The molecule has 0 aromatic heterocycles.